The third-order valence-electron chi connectivity index (χ3n) is 2.95. The molecule has 0 radical (unpaired) electrons. The molecule has 1 saturated heterocycles. The second kappa shape index (κ2) is 4.84. The van der Waals surface area contributed by atoms with Crippen LogP contribution in [0.3, 0.4) is 0 Å². The molecule has 1 aliphatic heterocycles. The van der Waals surface area contributed by atoms with Crippen LogP contribution < -0.4 is 4.90 Å². The van der Waals surface area contributed by atoms with Crippen LogP contribution in [0.2, 0.25) is 0 Å². The molecule has 1 aliphatic rings. The highest BCUT2D eigenvalue weighted by molar-refractivity contribution is 7.80. The van der Waals surface area contributed by atoms with Crippen molar-refractivity contribution in [2.75, 3.05) is 17.2 Å². The largest absolute Gasteiger partial charge is 0.416 e. The van der Waals surface area contributed by atoms with E-state index in [1.165, 1.54) is 17.0 Å². The van der Waals surface area contributed by atoms with Gasteiger partial charge in [-0.1, -0.05) is 6.07 Å². The normalized spacial score (nSPS) is 20.6. The zero-order chi connectivity index (χ0) is 13.3. The van der Waals surface area contributed by atoms with Crippen LogP contribution in [0.25, 0.3) is 0 Å². The summed E-state index contributed by atoms with van der Waals surface area (Å²) in [6.45, 7) is 0.434. The molecule has 1 atom stereocenters. The van der Waals surface area contributed by atoms with Gasteiger partial charge in [0.1, 0.15) is 0 Å². The number of halogens is 3. The Morgan fingerprint density at radius 3 is 2.67 bits per heavy atom. The quantitative estimate of drug-likeness (QED) is 0.823. The highest BCUT2D eigenvalue weighted by Crippen LogP contribution is 2.33. The van der Waals surface area contributed by atoms with Gasteiger partial charge in [-0.3, -0.25) is 4.79 Å². The molecule has 6 heteroatoms. The van der Waals surface area contributed by atoms with Gasteiger partial charge < -0.3 is 4.90 Å². The topological polar surface area (TPSA) is 20.3 Å². The van der Waals surface area contributed by atoms with Crippen molar-refractivity contribution in [3.63, 3.8) is 0 Å². The van der Waals surface area contributed by atoms with Gasteiger partial charge in [0.15, 0.2) is 0 Å². The van der Waals surface area contributed by atoms with Gasteiger partial charge in [-0.05, 0) is 29.9 Å². The first-order valence-electron chi connectivity index (χ1n) is 5.50. The molecule has 1 unspecified atom stereocenters. The van der Waals surface area contributed by atoms with E-state index in [2.05, 4.69) is 12.6 Å². The lowest BCUT2D eigenvalue weighted by Gasteiger charge is -2.18. The number of amides is 1. The number of carbonyl (C=O) groups is 1. The Labute approximate surface area is 108 Å². The van der Waals surface area contributed by atoms with Crippen LogP contribution in [0.5, 0.6) is 0 Å². The molecule has 18 heavy (non-hydrogen) atoms. The Morgan fingerprint density at radius 1 is 1.39 bits per heavy atom. The first kappa shape index (κ1) is 13.3. The molecular weight excluding hydrogens is 263 g/mol. The second-order valence-electron chi connectivity index (χ2n) is 4.31. The molecule has 1 aromatic carbocycles. The molecule has 0 N–H and O–H groups in total. The van der Waals surface area contributed by atoms with Gasteiger partial charge in [0.2, 0.25) is 5.91 Å². The van der Waals surface area contributed by atoms with Gasteiger partial charge in [-0.15, -0.1) is 0 Å². The first-order valence-corrected chi connectivity index (χ1v) is 6.13. The van der Waals surface area contributed by atoms with Gasteiger partial charge >= 0.3 is 6.18 Å². The van der Waals surface area contributed by atoms with Crippen molar-refractivity contribution >= 4 is 24.2 Å². The molecule has 0 bridgehead atoms. The Morgan fingerprint density at radius 2 is 2.11 bits per heavy atom. The molecule has 1 aromatic rings. The minimum absolute atomic E-state index is 0.107. The van der Waals surface area contributed by atoms with Gasteiger partial charge in [-0.2, -0.15) is 25.8 Å². The van der Waals surface area contributed by atoms with Crippen LogP contribution in [-0.4, -0.2) is 18.2 Å². The van der Waals surface area contributed by atoms with Gasteiger partial charge in [0, 0.05) is 18.7 Å². The lowest BCUT2D eigenvalue weighted by atomic mass is 10.1. The average molecular weight is 275 g/mol. The van der Waals surface area contributed by atoms with E-state index in [9.17, 15) is 18.0 Å². The minimum Gasteiger partial charge on any atom is -0.312 e. The molecule has 0 spiro atoms. The summed E-state index contributed by atoms with van der Waals surface area (Å²) in [5.74, 6) is 0.519. The highest BCUT2D eigenvalue weighted by atomic mass is 32.1. The number of benzene rings is 1. The Balaban J connectivity index is 2.27. The molecule has 0 saturated carbocycles. The number of anilines is 1. The standard InChI is InChI=1S/C12H12F3NOS/c13-12(14,15)9-2-1-3-10(5-9)16-6-8(7-18)4-11(16)17/h1-3,5,8,18H,4,6-7H2. The van der Waals surface area contributed by atoms with E-state index < -0.39 is 11.7 Å². The third kappa shape index (κ3) is 2.63. The lowest BCUT2D eigenvalue weighted by Crippen LogP contribution is -2.25. The van der Waals surface area contributed by atoms with Crippen LogP contribution in [0.15, 0.2) is 24.3 Å². The number of alkyl halides is 3. The van der Waals surface area contributed by atoms with E-state index in [0.29, 0.717) is 24.4 Å². The van der Waals surface area contributed by atoms with E-state index in [-0.39, 0.29) is 11.8 Å². The molecule has 98 valence electrons. The summed E-state index contributed by atoms with van der Waals surface area (Å²) in [4.78, 5) is 13.1. The van der Waals surface area contributed by atoms with Gasteiger partial charge in [0.05, 0.1) is 5.56 Å². The highest BCUT2D eigenvalue weighted by Gasteiger charge is 2.33. The van der Waals surface area contributed by atoms with E-state index in [1.54, 1.807) is 0 Å². The zero-order valence-corrected chi connectivity index (χ0v) is 10.3. The molecule has 2 rings (SSSR count). The summed E-state index contributed by atoms with van der Waals surface area (Å²) in [6.07, 6.45) is -4.04. The number of hydrogen-bond donors (Lipinski definition) is 1. The Hall–Kier alpha value is -1.17. The SMILES string of the molecule is O=C1CC(CS)CN1c1cccc(C(F)(F)F)c1. The van der Waals surface area contributed by atoms with Crippen LogP contribution >= 0.6 is 12.6 Å². The Bertz CT molecular complexity index is 461. The number of carbonyl (C=O) groups excluding carboxylic acids is 1. The monoisotopic (exact) mass is 275 g/mol. The van der Waals surface area contributed by atoms with Crippen molar-refractivity contribution in [1.82, 2.24) is 0 Å². The van der Waals surface area contributed by atoms with Crippen LogP contribution in [0.4, 0.5) is 18.9 Å². The minimum atomic E-state index is -4.39. The fourth-order valence-electron chi connectivity index (χ4n) is 2.00. The fraction of sp³-hybridized carbons (Fsp3) is 0.417. The number of thiol groups is 1. The maximum absolute atomic E-state index is 12.6. The predicted molar refractivity (Wildman–Crippen MR) is 65.8 cm³/mol. The van der Waals surface area contributed by atoms with Crippen molar-refractivity contribution in [1.29, 1.82) is 0 Å². The number of hydrogen-bond acceptors (Lipinski definition) is 2. The molecule has 1 heterocycles. The third-order valence-corrected chi connectivity index (χ3v) is 3.46. The summed E-state index contributed by atoms with van der Waals surface area (Å²) < 4.78 is 37.7. The fourth-order valence-corrected chi connectivity index (χ4v) is 2.25. The van der Waals surface area contributed by atoms with Crippen LogP contribution in [-0.2, 0) is 11.0 Å². The summed E-state index contributed by atoms with van der Waals surface area (Å²) in [5.41, 5.74) is -0.429. The van der Waals surface area contributed by atoms with Crippen molar-refractivity contribution in [2.45, 2.75) is 12.6 Å². The van der Waals surface area contributed by atoms with Crippen LogP contribution in [0.1, 0.15) is 12.0 Å². The molecule has 0 aromatic heterocycles. The van der Waals surface area contributed by atoms with Gasteiger partial charge in [0.25, 0.3) is 0 Å². The van der Waals surface area contributed by atoms with Crippen molar-refractivity contribution in [2.24, 2.45) is 5.92 Å². The van der Waals surface area contributed by atoms with Gasteiger partial charge in [-0.25, -0.2) is 0 Å². The number of rotatable bonds is 2. The van der Waals surface area contributed by atoms with E-state index in [4.69, 9.17) is 0 Å². The van der Waals surface area contributed by atoms with E-state index in [0.717, 1.165) is 12.1 Å². The lowest BCUT2D eigenvalue weighted by molar-refractivity contribution is -0.137. The van der Waals surface area contributed by atoms with Crippen molar-refractivity contribution in [3.8, 4) is 0 Å². The smallest absolute Gasteiger partial charge is 0.312 e. The predicted octanol–water partition coefficient (Wildman–Crippen LogP) is 2.99. The van der Waals surface area contributed by atoms with E-state index >= 15 is 0 Å². The molecule has 1 amide bonds. The Kier molecular flexibility index (Phi) is 3.56. The molecule has 2 nitrogen and oxygen atoms in total. The first-order chi connectivity index (χ1) is 8.41. The summed E-state index contributed by atoms with van der Waals surface area (Å²) in [7, 11) is 0. The summed E-state index contributed by atoms with van der Waals surface area (Å²) >= 11 is 4.12. The zero-order valence-electron chi connectivity index (χ0n) is 9.44. The van der Waals surface area contributed by atoms with E-state index in [1.807, 2.05) is 0 Å². The van der Waals surface area contributed by atoms with Crippen molar-refractivity contribution < 1.29 is 18.0 Å². The molecular formula is C12H12F3NOS. The molecule has 1 fully saturated rings. The maximum atomic E-state index is 12.6. The second-order valence-corrected chi connectivity index (χ2v) is 4.67. The summed E-state index contributed by atoms with van der Waals surface area (Å²) in [5, 5.41) is 0. The molecule has 0 aliphatic carbocycles. The van der Waals surface area contributed by atoms with Crippen LogP contribution in [0, 0.1) is 5.92 Å². The summed E-state index contributed by atoms with van der Waals surface area (Å²) in [6, 6.07) is 4.85. The van der Waals surface area contributed by atoms with Crippen molar-refractivity contribution in [3.05, 3.63) is 29.8 Å². The average Bonchev–Trinajstić information content (AvgIpc) is 2.70. The number of nitrogens with zero attached hydrogens (tertiary/aromatic N) is 1. The maximum Gasteiger partial charge on any atom is 0.416 e.